The van der Waals surface area contributed by atoms with Crippen molar-refractivity contribution in [2.75, 3.05) is 0 Å². The van der Waals surface area contributed by atoms with Gasteiger partial charge in [0.25, 0.3) is 5.91 Å². The summed E-state index contributed by atoms with van der Waals surface area (Å²) in [5.41, 5.74) is 11.2. The Balaban J connectivity index is 2.72. The van der Waals surface area contributed by atoms with Gasteiger partial charge < -0.3 is 11.5 Å². The lowest BCUT2D eigenvalue weighted by atomic mass is 10.0. The first-order valence-electron chi connectivity index (χ1n) is 5.11. The van der Waals surface area contributed by atoms with Crippen molar-refractivity contribution in [1.82, 2.24) is 9.97 Å². The quantitative estimate of drug-likeness (QED) is 0.808. The lowest BCUT2D eigenvalue weighted by Crippen LogP contribution is -2.22. The Bertz CT molecular complexity index is 611. The molecular formula is C12H10N4O2. The fourth-order valence-electron chi connectivity index (χ4n) is 1.61. The summed E-state index contributed by atoms with van der Waals surface area (Å²) in [4.78, 5) is 30.9. The fraction of sp³-hybridized carbons (Fsp3) is 0. The molecule has 2 heterocycles. The van der Waals surface area contributed by atoms with Crippen LogP contribution >= 0.6 is 0 Å². The molecule has 0 atom stereocenters. The van der Waals surface area contributed by atoms with Crippen LogP contribution in [0.3, 0.4) is 0 Å². The number of amides is 2. The van der Waals surface area contributed by atoms with Gasteiger partial charge in [0.1, 0.15) is 5.69 Å². The van der Waals surface area contributed by atoms with E-state index in [-0.39, 0.29) is 16.8 Å². The third-order valence-electron chi connectivity index (χ3n) is 2.37. The molecule has 0 aliphatic rings. The average Bonchev–Trinajstić information content (AvgIpc) is 2.38. The first-order valence-corrected chi connectivity index (χ1v) is 5.11. The predicted octanol–water partition coefficient (Wildman–Crippen LogP) is 0.341. The van der Waals surface area contributed by atoms with Gasteiger partial charge in [-0.25, -0.2) is 0 Å². The average molecular weight is 242 g/mol. The summed E-state index contributed by atoms with van der Waals surface area (Å²) < 4.78 is 0. The van der Waals surface area contributed by atoms with Gasteiger partial charge in [0.15, 0.2) is 0 Å². The summed E-state index contributed by atoms with van der Waals surface area (Å²) in [5, 5.41) is 0. The van der Waals surface area contributed by atoms with E-state index < -0.39 is 11.8 Å². The normalized spacial score (nSPS) is 10.0. The Morgan fingerprint density at radius 3 is 2.28 bits per heavy atom. The van der Waals surface area contributed by atoms with Crippen molar-refractivity contribution in [3.8, 4) is 11.4 Å². The Kier molecular flexibility index (Phi) is 3.01. The van der Waals surface area contributed by atoms with Gasteiger partial charge in [-0.3, -0.25) is 19.6 Å². The monoisotopic (exact) mass is 242 g/mol. The van der Waals surface area contributed by atoms with E-state index in [1.165, 1.54) is 12.3 Å². The molecule has 2 rings (SSSR count). The number of hydrogen-bond donors (Lipinski definition) is 2. The smallest absolute Gasteiger partial charge is 0.251 e. The highest BCUT2D eigenvalue weighted by atomic mass is 16.2. The maximum absolute atomic E-state index is 11.5. The summed E-state index contributed by atoms with van der Waals surface area (Å²) in [6.07, 6.45) is 2.94. The van der Waals surface area contributed by atoms with Crippen LogP contribution in [0.1, 0.15) is 20.7 Å². The van der Waals surface area contributed by atoms with Crippen LogP contribution in [0.4, 0.5) is 0 Å². The third-order valence-corrected chi connectivity index (χ3v) is 2.37. The van der Waals surface area contributed by atoms with Gasteiger partial charge in [0.05, 0.1) is 16.8 Å². The maximum atomic E-state index is 11.5. The molecule has 90 valence electrons. The van der Waals surface area contributed by atoms with Crippen LogP contribution in [0.15, 0.2) is 36.7 Å². The van der Waals surface area contributed by atoms with Crippen molar-refractivity contribution >= 4 is 11.8 Å². The van der Waals surface area contributed by atoms with Gasteiger partial charge in [-0.1, -0.05) is 6.07 Å². The molecule has 18 heavy (non-hydrogen) atoms. The molecule has 0 bridgehead atoms. The zero-order chi connectivity index (χ0) is 13.1. The Hall–Kier alpha value is -2.76. The van der Waals surface area contributed by atoms with E-state index in [1.54, 1.807) is 24.4 Å². The van der Waals surface area contributed by atoms with E-state index in [1.807, 2.05) is 0 Å². The zero-order valence-corrected chi connectivity index (χ0v) is 9.33. The molecule has 0 spiro atoms. The van der Waals surface area contributed by atoms with Crippen LogP contribution in [-0.2, 0) is 0 Å². The SMILES string of the molecule is NC(=O)c1ccnc(-c2ccccn2)c1C(N)=O. The molecule has 0 aliphatic carbocycles. The van der Waals surface area contributed by atoms with Crippen molar-refractivity contribution in [1.29, 1.82) is 0 Å². The Morgan fingerprint density at radius 1 is 0.944 bits per heavy atom. The summed E-state index contributed by atoms with van der Waals surface area (Å²) >= 11 is 0. The summed E-state index contributed by atoms with van der Waals surface area (Å²) in [5.74, 6) is -1.50. The van der Waals surface area contributed by atoms with Crippen molar-refractivity contribution in [3.63, 3.8) is 0 Å². The third kappa shape index (κ3) is 2.03. The molecule has 0 fully saturated rings. The molecule has 6 heteroatoms. The van der Waals surface area contributed by atoms with Gasteiger partial charge in [-0.2, -0.15) is 0 Å². The van der Waals surface area contributed by atoms with Crippen LogP contribution in [-0.4, -0.2) is 21.8 Å². The molecule has 4 N–H and O–H groups in total. The number of nitrogens with two attached hydrogens (primary N) is 2. The van der Waals surface area contributed by atoms with E-state index >= 15 is 0 Å². The van der Waals surface area contributed by atoms with Gasteiger partial charge in [-0.05, 0) is 18.2 Å². The van der Waals surface area contributed by atoms with Gasteiger partial charge in [0.2, 0.25) is 5.91 Å². The summed E-state index contributed by atoms with van der Waals surface area (Å²) in [7, 11) is 0. The minimum Gasteiger partial charge on any atom is -0.366 e. The van der Waals surface area contributed by atoms with Crippen LogP contribution < -0.4 is 11.5 Å². The fourth-order valence-corrected chi connectivity index (χ4v) is 1.61. The van der Waals surface area contributed by atoms with Crippen LogP contribution in [0.5, 0.6) is 0 Å². The lowest BCUT2D eigenvalue weighted by molar-refractivity contribution is 0.0967. The predicted molar refractivity (Wildman–Crippen MR) is 64.5 cm³/mol. The lowest BCUT2D eigenvalue weighted by Gasteiger charge is -2.08. The first kappa shape index (κ1) is 11.7. The summed E-state index contributed by atoms with van der Waals surface area (Å²) in [6.45, 7) is 0. The molecule has 0 aromatic carbocycles. The van der Waals surface area contributed by atoms with E-state index in [0.29, 0.717) is 5.69 Å². The maximum Gasteiger partial charge on any atom is 0.251 e. The minimum absolute atomic E-state index is 0.0105. The van der Waals surface area contributed by atoms with Crippen molar-refractivity contribution < 1.29 is 9.59 Å². The van der Waals surface area contributed by atoms with Crippen LogP contribution in [0.2, 0.25) is 0 Å². The minimum atomic E-state index is -0.766. The molecule has 2 aromatic heterocycles. The Morgan fingerprint density at radius 2 is 1.72 bits per heavy atom. The van der Waals surface area contributed by atoms with E-state index in [9.17, 15) is 9.59 Å². The Labute approximate surface area is 103 Å². The molecule has 2 aromatic rings. The highest BCUT2D eigenvalue weighted by Gasteiger charge is 2.19. The van der Waals surface area contributed by atoms with Crippen molar-refractivity contribution in [2.24, 2.45) is 11.5 Å². The number of carbonyl (C=O) groups is 2. The molecule has 0 aliphatic heterocycles. The standard InChI is InChI=1S/C12H10N4O2/c13-11(17)7-4-6-16-10(9(7)12(14)18)8-3-1-2-5-15-8/h1-6H,(H2,13,17)(H2,14,18). The number of pyridine rings is 2. The second-order valence-electron chi connectivity index (χ2n) is 3.53. The van der Waals surface area contributed by atoms with Gasteiger partial charge in [0, 0.05) is 12.4 Å². The number of nitrogens with zero attached hydrogens (tertiary/aromatic N) is 2. The van der Waals surface area contributed by atoms with Gasteiger partial charge >= 0.3 is 0 Å². The second-order valence-corrected chi connectivity index (χ2v) is 3.53. The van der Waals surface area contributed by atoms with Crippen molar-refractivity contribution in [2.45, 2.75) is 0 Å². The van der Waals surface area contributed by atoms with E-state index in [2.05, 4.69) is 9.97 Å². The number of primary amides is 2. The molecule has 0 saturated heterocycles. The van der Waals surface area contributed by atoms with Crippen LogP contribution in [0.25, 0.3) is 11.4 Å². The highest BCUT2D eigenvalue weighted by Crippen LogP contribution is 2.21. The zero-order valence-electron chi connectivity index (χ0n) is 9.33. The molecule has 0 radical (unpaired) electrons. The number of rotatable bonds is 3. The number of hydrogen-bond acceptors (Lipinski definition) is 4. The highest BCUT2D eigenvalue weighted by molar-refractivity contribution is 6.09. The van der Waals surface area contributed by atoms with Crippen LogP contribution in [0, 0.1) is 0 Å². The summed E-state index contributed by atoms with van der Waals surface area (Å²) in [6, 6.07) is 6.49. The first-order chi connectivity index (χ1) is 8.61. The number of carbonyl (C=O) groups excluding carboxylic acids is 2. The van der Waals surface area contributed by atoms with E-state index in [4.69, 9.17) is 11.5 Å². The molecule has 2 amide bonds. The molecule has 0 saturated carbocycles. The molecule has 0 unspecified atom stereocenters. The molecular weight excluding hydrogens is 232 g/mol. The van der Waals surface area contributed by atoms with Crippen molar-refractivity contribution in [3.05, 3.63) is 47.8 Å². The topological polar surface area (TPSA) is 112 Å². The number of aromatic nitrogens is 2. The van der Waals surface area contributed by atoms with E-state index in [0.717, 1.165) is 0 Å². The second kappa shape index (κ2) is 4.62. The van der Waals surface area contributed by atoms with Gasteiger partial charge in [-0.15, -0.1) is 0 Å². The largest absolute Gasteiger partial charge is 0.366 e. The molecule has 6 nitrogen and oxygen atoms in total.